The molecule has 0 aliphatic carbocycles. The maximum absolute atomic E-state index is 2.33. The van der Waals surface area contributed by atoms with Crippen LogP contribution < -0.4 is 0 Å². The first-order chi connectivity index (χ1) is 2.63. The standard InChI is InChI=1S/C5H11S/c1-5(2)4-6(5)3/h4H2,1-3H3/q+1. The van der Waals surface area contributed by atoms with Gasteiger partial charge in [-0.3, -0.25) is 0 Å². The second-order valence-electron chi connectivity index (χ2n) is 2.54. The predicted molar refractivity (Wildman–Crippen MR) is 32.2 cm³/mol. The minimum Gasteiger partial charge on any atom is -0.00960 e. The van der Waals surface area contributed by atoms with E-state index in [0.29, 0.717) is 0 Å². The Hall–Kier alpha value is 0.350. The van der Waals surface area contributed by atoms with Gasteiger partial charge in [-0.1, -0.05) is 0 Å². The van der Waals surface area contributed by atoms with Crippen molar-refractivity contribution in [2.75, 3.05) is 12.0 Å². The molecule has 1 fully saturated rings. The van der Waals surface area contributed by atoms with Crippen LogP contribution in [0.3, 0.4) is 0 Å². The lowest BCUT2D eigenvalue weighted by molar-refractivity contribution is 0.903. The van der Waals surface area contributed by atoms with Gasteiger partial charge >= 0.3 is 0 Å². The van der Waals surface area contributed by atoms with Crippen LogP contribution in [0.5, 0.6) is 0 Å². The van der Waals surface area contributed by atoms with E-state index in [1.807, 2.05) is 0 Å². The molecule has 0 radical (unpaired) electrons. The lowest BCUT2D eigenvalue weighted by Gasteiger charge is -1.79. The van der Waals surface area contributed by atoms with Crippen LogP contribution >= 0.6 is 0 Å². The van der Waals surface area contributed by atoms with Crippen LogP contribution in [-0.2, 0) is 10.9 Å². The molecule has 36 valence electrons. The fraction of sp³-hybridized carbons (Fsp3) is 1.00. The van der Waals surface area contributed by atoms with E-state index < -0.39 is 0 Å². The Morgan fingerprint density at radius 2 is 1.67 bits per heavy atom. The highest BCUT2D eigenvalue weighted by molar-refractivity contribution is 8.04. The Bertz CT molecular complexity index is 66.3. The zero-order valence-electron chi connectivity index (χ0n) is 4.62. The highest BCUT2D eigenvalue weighted by Crippen LogP contribution is 2.34. The third-order valence-corrected chi connectivity index (χ3v) is 4.26. The van der Waals surface area contributed by atoms with Crippen LogP contribution in [0.25, 0.3) is 0 Å². The van der Waals surface area contributed by atoms with E-state index in [1.165, 1.54) is 5.75 Å². The van der Waals surface area contributed by atoms with Gasteiger partial charge in [0.15, 0.2) is 10.5 Å². The molecule has 0 aromatic heterocycles. The molecule has 0 saturated carbocycles. The monoisotopic (exact) mass is 103 g/mol. The first kappa shape index (κ1) is 4.51. The maximum atomic E-state index is 2.33. The quantitative estimate of drug-likeness (QED) is 0.317. The first-order valence-electron chi connectivity index (χ1n) is 2.25. The number of hydrogen-bond donors (Lipinski definition) is 0. The van der Waals surface area contributed by atoms with Gasteiger partial charge in [0, 0.05) is 10.9 Å². The summed E-state index contributed by atoms with van der Waals surface area (Å²) in [4.78, 5) is 0. The van der Waals surface area contributed by atoms with Crippen molar-refractivity contribution in [1.82, 2.24) is 0 Å². The Morgan fingerprint density at radius 3 is 1.67 bits per heavy atom. The predicted octanol–water partition coefficient (Wildman–Crippen LogP) is 1.03. The summed E-state index contributed by atoms with van der Waals surface area (Å²) in [6.45, 7) is 4.66. The summed E-state index contributed by atoms with van der Waals surface area (Å²) in [5.41, 5.74) is 0. The molecule has 0 spiro atoms. The van der Waals surface area contributed by atoms with Gasteiger partial charge in [-0.25, -0.2) is 0 Å². The molecule has 0 aromatic rings. The van der Waals surface area contributed by atoms with Crippen molar-refractivity contribution < 1.29 is 0 Å². The molecule has 0 nitrogen and oxygen atoms in total. The largest absolute Gasteiger partial charge is 0.166 e. The SMILES string of the molecule is C[S+]1CC1(C)C. The third kappa shape index (κ3) is 0.558. The van der Waals surface area contributed by atoms with E-state index in [1.54, 1.807) is 0 Å². The second kappa shape index (κ2) is 0.945. The summed E-state index contributed by atoms with van der Waals surface area (Å²) in [7, 11) is 0.779. The second-order valence-corrected chi connectivity index (χ2v) is 5.21. The van der Waals surface area contributed by atoms with Gasteiger partial charge in [0.1, 0.15) is 0 Å². The lowest BCUT2D eigenvalue weighted by Crippen LogP contribution is -1.95. The van der Waals surface area contributed by atoms with Crippen LogP contribution in [0.2, 0.25) is 0 Å². The smallest absolute Gasteiger partial charge is 0.00960 e. The van der Waals surface area contributed by atoms with E-state index in [-0.39, 0.29) is 0 Å². The molecule has 1 aliphatic heterocycles. The van der Waals surface area contributed by atoms with Crippen LogP contribution in [0.15, 0.2) is 0 Å². The molecule has 1 heterocycles. The van der Waals surface area contributed by atoms with Crippen molar-refractivity contribution in [3.05, 3.63) is 0 Å². The normalized spacial score (nSPS) is 39.5. The summed E-state index contributed by atoms with van der Waals surface area (Å²) in [6, 6.07) is 0. The minimum absolute atomic E-state index is 0.736. The molecule has 1 heteroatoms. The molecule has 1 rings (SSSR count). The average Bonchev–Trinajstić information content (AvgIpc) is 1.73. The van der Waals surface area contributed by atoms with Gasteiger partial charge in [-0.15, -0.1) is 0 Å². The van der Waals surface area contributed by atoms with Crippen molar-refractivity contribution in [2.45, 2.75) is 18.6 Å². The maximum Gasteiger partial charge on any atom is 0.166 e. The van der Waals surface area contributed by atoms with Gasteiger partial charge < -0.3 is 0 Å². The van der Waals surface area contributed by atoms with E-state index in [4.69, 9.17) is 0 Å². The van der Waals surface area contributed by atoms with Gasteiger partial charge in [-0.2, -0.15) is 0 Å². The molecule has 0 N–H and O–H groups in total. The lowest BCUT2D eigenvalue weighted by atomic mass is 10.3. The van der Waals surface area contributed by atoms with Gasteiger partial charge in [0.2, 0.25) is 0 Å². The molecule has 1 aliphatic rings. The van der Waals surface area contributed by atoms with Crippen molar-refractivity contribution in [1.29, 1.82) is 0 Å². The van der Waals surface area contributed by atoms with Crippen LogP contribution in [0.4, 0.5) is 0 Å². The molecule has 1 atom stereocenters. The van der Waals surface area contributed by atoms with Crippen molar-refractivity contribution in [3.63, 3.8) is 0 Å². The summed E-state index contributed by atoms with van der Waals surface area (Å²) in [6.07, 6.45) is 2.33. The Balaban J connectivity index is 2.41. The average molecular weight is 103 g/mol. The van der Waals surface area contributed by atoms with Gasteiger partial charge in [0.05, 0.1) is 6.26 Å². The zero-order valence-corrected chi connectivity index (χ0v) is 5.43. The first-order valence-corrected chi connectivity index (χ1v) is 4.06. The van der Waals surface area contributed by atoms with Crippen LogP contribution in [-0.4, -0.2) is 16.8 Å². The van der Waals surface area contributed by atoms with Gasteiger partial charge in [0.25, 0.3) is 0 Å². The van der Waals surface area contributed by atoms with E-state index in [2.05, 4.69) is 20.1 Å². The fourth-order valence-electron chi connectivity index (χ4n) is 0.492. The molecule has 0 amide bonds. The highest BCUT2D eigenvalue weighted by Gasteiger charge is 2.54. The number of hydrogen-bond acceptors (Lipinski definition) is 0. The number of rotatable bonds is 0. The zero-order chi connectivity index (χ0) is 4.78. The highest BCUT2D eigenvalue weighted by atomic mass is 32.2. The summed E-state index contributed by atoms with van der Waals surface area (Å²) in [5.74, 6) is 1.47. The van der Waals surface area contributed by atoms with Gasteiger partial charge in [-0.05, 0) is 13.8 Å². The molecular weight excluding hydrogens is 92.1 g/mol. The summed E-state index contributed by atoms with van der Waals surface area (Å²) in [5, 5.41) is 0. The molecule has 0 aromatic carbocycles. The summed E-state index contributed by atoms with van der Waals surface area (Å²) >= 11 is 0. The van der Waals surface area contributed by atoms with Crippen LogP contribution in [0, 0.1) is 0 Å². The third-order valence-electron chi connectivity index (χ3n) is 1.42. The Kier molecular flexibility index (Phi) is 0.710. The molecule has 1 saturated heterocycles. The molecule has 0 bridgehead atoms. The van der Waals surface area contributed by atoms with Crippen molar-refractivity contribution >= 4 is 10.9 Å². The topological polar surface area (TPSA) is 0 Å². The molecule has 1 unspecified atom stereocenters. The Morgan fingerprint density at radius 1 is 1.50 bits per heavy atom. The fourth-order valence-corrected chi connectivity index (χ4v) is 1.83. The van der Waals surface area contributed by atoms with E-state index in [0.717, 1.165) is 15.6 Å². The molecule has 6 heavy (non-hydrogen) atoms. The van der Waals surface area contributed by atoms with E-state index >= 15 is 0 Å². The minimum atomic E-state index is 0.736. The van der Waals surface area contributed by atoms with Crippen molar-refractivity contribution in [2.24, 2.45) is 0 Å². The van der Waals surface area contributed by atoms with Crippen molar-refractivity contribution in [3.8, 4) is 0 Å². The van der Waals surface area contributed by atoms with Crippen LogP contribution in [0.1, 0.15) is 13.8 Å². The molecular formula is C5H11S+. The summed E-state index contributed by atoms with van der Waals surface area (Å²) < 4.78 is 0.736. The van der Waals surface area contributed by atoms with E-state index in [9.17, 15) is 0 Å². The Labute approximate surface area is 42.3 Å².